The summed E-state index contributed by atoms with van der Waals surface area (Å²) in [5.74, 6) is 0.369. The van der Waals surface area contributed by atoms with Crippen molar-refractivity contribution in [3.8, 4) is 0 Å². The number of rotatable bonds is 6. The summed E-state index contributed by atoms with van der Waals surface area (Å²) in [7, 11) is 1.63. The molecule has 1 aliphatic heterocycles. The van der Waals surface area contributed by atoms with Gasteiger partial charge in [0.05, 0.1) is 12.5 Å². The molecule has 2 heterocycles. The number of nitrogens with zero attached hydrogens (tertiary/aromatic N) is 1. The van der Waals surface area contributed by atoms with Crippen LogP contribution in [0.5, 0.6) is 0 Å². The van der Waals surface area contributed by atoms with Crippen molar-refractivity contribution in [2.45, 2.75) is 24.8 Å². The smallest absolute Gasteiger partial charge is 0.243 e. The number of carbonyl (C=O) groups is 2. The van der Waals surface area contributed by atoms with E-state index in [0.717, 1.165) is 12.0 Å². The van der Waals surface area contributed by atoms with Crippen LogP contribution in [0, 0.1) is 0 Å². The quantitative estimate of drug-likeness (QED) is 0.804. The lowest BCUT2D eigenvalue weighted by molar-refractivity contribution is -0.138. The van der Waals surface area contributed by atoms with Crippen LogP contribution in [0.25, 0.3) is 0 Å². The number of thioether (sulfide) groups is 1. The van der Waals surface area contributed by atoms with Gasteiger partial charge in [0.2, 0.25) is 11.8 Å². The maximum atomic E-state index is 12.3. The maximum absolute atomic E-state index is 12.3. The fourth-order valence-corrected chi connectivity index (χ4v) is 3.77. The van der Waals surface area contributed by atoms with Gasteiger partial charge in [-0.15, -0.1) is 11.8 Å². The van der Waals surface area contributed by atoms with Crippen molar-refractivity contribution in [1.29, 1.82) is 0 Å². The first kappa shape index (κ1) is 15.9. The molecule has 2 rings (SSSR count). The lowest BCUT2D eigenvalue weighted by Crippen LogP contribution is -2.47. The first-order chi connectivity index (χ1) is 10.1. The van der Waals surface area contributed by atoms with Gasteiger partial charge in [0, 0.05) is 38.5 Å². The molecule has 1 saturated heterocycles. The minimum Gasteiger partial charge on any atom is -0.472 e. The number of hydrogen-bond acceptors (Lipinski definition) is 5. The van der Waals surface area contributed by atoms with Gasteiger partial charge in [0.25, 0.3) is 0 Å². The molecule has 1 aromatic heterocycles. The van der Waals surface area contributed by atoms with E-state index < -0.39 is 6.04 Å². The van der Waals surface area contributed by atoms with E-state index in [1.807, 2.05) is 6.07 Å². The first-order valence-electron chi connectivity index (χ1n) is 6.84. The normalized spacial score (nSPS) is 21.5. The number of carbonyl (C=O) groups excluding carboxylic acids is 2. The number of nitrogens with one attached hydrogen (secondary N) is 1. The second-order valence-corrected chi connectivity index (χ2v) is 5.94. The highest BCUT2D eigenvalue weighted by molar-refractivity contribution is 7.99. The highest BCUT2D eigenvalue weighted by Gasteiger charge is 2.41. The van der Waals surface area contributed by atoms with E-state index in [9.17, 15) is 9.59 Å². The predicted molar refractivity (Wildman–Crippen MR) is 79.7 cm³/mol. The van der Waals surface area contributed by atoms with Crippen molar-refractivity contribution in [3.05, 3.63) is 24.2 Å². The summed E-state index contributed by atoms with van der Waals surface area (Å²) in [6.45, 7) is 2.65. The lowest BCUT2D eigenvalue weighted by atomic mass is 10.2. The Balaban J connectivity index is 1.99. The molecular formula is C14H20N2O4S. The Kier molecular flexibility index (Phi) is 5.69. The molecule has 0 bridgehead atoms. The molecule has 0 spiro atoms. The van der Waals surface area contributed by atoms with Crippen LogP contribution in [0.15, 0.2) is 23.0 Å². The Hall–Kier alpha value is -1.47. The van der Waals surface area contributed by atoms with Gasteiger partial charge in [-0.1, -0.05) is 0 Å². The van der Waals surface area contributed by atoms with Crippen molar-refractivity contribution < 1.29 is 18.7 Å². The third-order valence-electron chi connectivity index (χ3n) is 3.32. The standard InChI is InChI=1S/C14H20N2O4S/c1-10(17)16-12(13(18)15-5-3-6-19-2)9-21-14(16)11-4-7-20-8-11/h4,7-8,12,14H,3,5-6,9H2,1-2H3,(H,15,18). The molecule has 2 atom stereocenters. The van der Waals surface area contributed by atoms with Gasteiger partial charge in [0.15, 0.2) is 0 Å². The van der Waals surface area contributed by atoms with Crippen molar-refractivity contribution in [2.24, 2.45) is 0 Å². The zero-order chi connectivity index (χ0) is 15.2. The van der Waals surface area contributed by atoms with E-state index in [0.29, 0.717) is 18.9 Å². The first-order valence-corrected chi connectivity index (χ1v) is 7.89. The highest BCUT2D eigenvalue weighted by atomic mass is 32.2. The van der Waals surface area contributed by atoms with Gasteiger partial charge < -0.3 is 19.4 Å². The Morgan fingerprint density at radius 2 is 2.38 bits per heavy atom. The molecule has 0 aromatic carbocycles. The van der Waals surface area contributed by atoms with Crippen molar-refractivity contribution in [3.63, 3.8) is 0 Å². The molecule has 1 aromatic rings. The SMILES string of the molecule is COCCCNC(=O)C1CSC(c2ccoc2)N1C(C)=O. The van der Waals surface area contributed by atoms with Crippen molar-refractivity contribution >= 4 is 23.6 Å². The third kappa shape index (κ3) is 3.79. The van der Waals surface area contributed by atoms with Gasteiger partial charge in [-0.3, -0.25) is 9.59 Å². The van der Waals surface area contributed by atoms with Crippen LogP contribution >= 0.6 is 11.8 Å². The van der Waals surface area contributed by atoms with E-state index in [-0.39, 0.29) is 17.2 Å². The molecule has 0 saturated carbocycles. The van der Waals surface area contributed by atoms with Crippen LogP contribution in [0.2, 0.25) is 0 Å². The van der Waals surface area contributed by atoms with E-state index in [4.69, 9.17) is 9.15 Å². The molecule has 1 aliphatic rings. The summed E-state index contributed by atoms with van der Waals surface area (Å²) in [6, 6.07) is 1.39. The maximum Gasteiger partial charge on any atom is 0.243 e. The molecule has 2 amide bonds. The van der Waals surface area contributed by atoms with Gasteiger partial charge in [-0.05, 0) is 12.5 Å². The van der Waals surface area contributed by atoms with Gasteiger partial charge in [-0.2, -0.15) is 0 Å². The summed E-state index contributed by atoms with van der Waals surface area (Å²) in [5, 5.41) is 2.70. The zero-order valence-electron chi connectivity index (χ0n) is 12.2. The van der Waals surface area contributed by atoms with Crippen molar-refractivity contribution in [1.82, 2.24) is 10.2 Å². The van der Waals surface area contributed by atoms with Gasteiger partial charge in [-0.25, -0.2) is 0 Å². The number of methoxy groups -OCH3 is 1. The molecule has 116 valence electrons. The third-order valence-corrected chi connectivity index (χ3v) is 4.64. The molecular weight excluding hydrogens is 292 g/mol. The lowest BCUT2D eigenvalue weighted by Gasteiger charge is -2.27. The van der Waals surface area contributed by atoms with Crippen LogP contribution in [0.4, 0.5) is 0 Å². The highest BCUT2D eigenvalue weighted by Crippen LogP contribution is 2.41. The molecule has 0 radical (unpaired) electrons. The van der Waals surface area contributed by atoms with Crippen molar-refractivity contribution in [2.75, 3.05) is 26.0 Å². The monoisotopic (exact) mass is 312 g/mol. The average molecular weight is 312 g/mol. The van der Waals surface area contributed by atoms with Crippen LogP contribution in [0.1, 0.15) is 24.3 Å². The summed E-state index contributed by atoms with van der Waals surface area (Å²) >= 11 is 1.58. The van der Waals surface area contributed by atoms with Crippen LogP contribution in [0.3, 0.4) is 0 Å². The molecule has 7 heteroatoms. The van der Waals surface area contributed by atoms with Crippen LogP contribution in [-0.2, 0) is 14.3 Å². The fourth-order valence-electron chi connectivity index (χ4n) is 2.31. The summed E-state index contributed by atoms with van der Waals surface area (Å²) < 4.78 is 10.0. The average Bonchev–Trinajstić information content (AvgIpc) is 3.10. The number of hydrogen-bond donors (Lipinski definition) is 1. The van der Waals surface area contributed by atoms with E-state index in [1.165, 1.54) is 6.92 Å². The second kappa shape index (κ2) is 7.51. The number of amides is 2. The Labute approximate surface area is 128 Å². The summed E-state index contributed by atoms with van der Waals surface area (Å²) in [6.07, 6.45) is 3.95. The van der Waals surface area contributed by atoms with Gasteiger partial charge in [0.1, 0.15) is 11.4 Å². The van der Waals surface area contributed by atoms with Crippen LogP contribution < -0.4 is 5.32 Å². The molecule has 0 aliphatic carbocycles. The minimum absolute atomic E-state index is 0.108. The summed E-state index contributed by atoms with van der Waals surface area (Å²) in [5.41, 5.74) is 0.907. The predicted octanol–water partition coefficient (Wildman–Crippen LogP) is 1.39. The molecule has 2 unspecified atom stereocenters. The van der Waals surface area contributed by atoms with Crippen LogP contribution in [-0.4, -0.2) is 48.8 Å². The summed E-state index contributed by atoms with van der Waals surface area (Å²) in [4.78, 5) is 25.8. The Morgan fingerprint density at radius 3 is 3.00 bits per heavy atom. The second-order valence-electron chi connectivity index (χ2n) is 4.82. The Morgan fingerprint density at radius 1 is 1.57 bits per heavy atom. The number of ether oxygens (including phenoxy) is 1. The topological polar surface area (TPSA) is 71.8 Å². The minimum atomic E-state index is -0.435. The molecule has 1 fully saturated rings. The molecule has 6 nitrogen and oxygen atoms in total. The molecule has 1 N–H and O–H groups in total. The molecule has 21 heavy (non-hydrogen) atoms. The largest absolute Gasteiger partial charge is 0.472 e. The van der Waals surface area contributed by atoms with E-state index >= 15 is 0 Å². The Bertz CT molecular complexity index is 477. The van der Waals surface area contributed by atoms with E-state index in [2.05, 4.69) is 5.32 Å². The van der Waals surface area contributed by atoms with E-state index in [1.54, 1.807) is 36.3 Å². The number of furan rings is 1. The van der Waals surface area contributed by atoms with Gasteiger partial charge >= 0.3 is 0 Å². The fraction of sp³-hybridized carbons (Fsp3) is 0.571. The zero-order valence-corrected chi connectivity index (χ0v) is 13.0.